The number of hydrogen-bond acceptors (Lipinski definition) is 5. The number of benzene rings is 2. The third kappa shape index (κ3) is 4.92. The van der Waals surface area contributed by atoms with Crippen LogP contribution in [0.1, 0.15) is 29.7 Å². The molecule has 2 aromatic carbocycles. The number of amides is 1. The van der Waals surface area contributed by atoms with Crippen LogP contribution in [0.2, 0.25) is 0 Å². The molecule has 2 aromatic rings. The molecule has 1 fully saturated rings. The molecule has 1 aliphatic rings. The monoisotopic (exact) mass is 434 g/mol. The fraction of sp³-hybridized carbons (Fsp3) is 0.308. The Morgan fingerprint density at radius 1 is 1.12 bits per heavy atom. The third-order valence-corrected chi connectivity index (χ3v) is 5.53. The molecule has 0 spiro atoms. The fourth-order valence-corrected chi connectivity index (χ4v) is 3.72. The first-order valence-electron chi connectivity index (χ1n) is 10.7. The lowest BCUT2D eigenvalue weighted by Crippen LogP contribution is -2.35. The number of likely N-dealkylation sites (N-methyl/N-ethyl adjacent to an activating group) is 1. The molecule has 0 aromatic heterocycles. The molecule has 1 N–H and O–H groups in total. The van der Waals surface area contributed by atoms with Gasteiger partial charge < -0.3 is 19.6 Å². The highest BCUT2D eigenvalue weighted by molar-refractivity contribution is 6.46. The number of aliphatic hydroxyl groups is 1. The maximum atomic E-state index is 13.0. The first-order chi connectivity index (χ1) is 15.4. The molecule has 32 heavy (non-hydrogen) atoms. The maximum Gasteiger partial charge on any atom is 0.295 e. The van der Waals surface area contributed by atoms with Crippen LogP contribution in [0.5, 0.6) is 5.75 Å². The van der Waals surface area contributed by atoms with Crippen molar-refractivity contribution in [1.29, 1.82) is 0 Å². The summed E-state index contributed by atoms with van der Waals surface area (Å²) in [6.45, 7) is 7.04. The van der Waals surface area contributed by atoms with Gasteiger partial charge in [0.1, 0.15) is 18.1 Å². The number of Topliss-reactive ketones (excluding diaryl/α,β-unsaturated/α-hetero) is 1. The van der Waals surface area contributed by atoms with Crippen LogP contribution < -0.4 is 4.74 Å². The molecule has 1 atom stereocenters. The summed E-state index contributed by atoms with van der Waals surface area (Å²) < 4.78 is 5.49. The number of aliphatic hydroxyl groups excluding tert-OH is 1. The number of nitrogens with zero attached hydrogens (tertiary/aromatic N) is 2. The van der Waals surface area contributed by atoms with Crippen LogP contribution >= 0.6 is 0 Å². The molecule has 0 saturated carbocycles. The summed E-state index contributed by atoms with van der Waals surface area (Å²) in [5.74, 6) is -0.822. The lowest BCUT2D eigenvalue weighted by molar-refractivity contribution is -0.140. The second kappa shape index (κ2) is 10.3. The predicted octanol–water partition coefficient (Wildman–Crippen LogP) is 3.80. The van der Waals surface area contributed by atoms with Crippen LogP contribution in [0.15, 0.2) is 66.8 Å². The second-order valence-corrected chi connectivity index (χ2v) is 8.01. The molecule has 3 rings (SSSR count). The fourth-order valence-electron chi connectivity index (χ4n) is 3.72. The van der Waals surface area contributed by atoms with Crippen LogP contribution in [0.25, 0.3) is 5.76 Å². The van der Waals surface area contributed by atoms with E-state index in [0.717, 1.165) is 17.5 Å². The summed E-state index contributed by atoms with van der Waals surface area (Å²) in [5.41, 5.74) is 2.52. The highest BCUT2D eigenvalue weighted by Crippen LogP contribution is 2.39. The highest BCUT2D eigenvalue weighted by Gasteiger charge is 2.45. The number of likely N-dealkylation sites (tertiary alicyclic amines) is 1. The number of ether oxygens (including phenoxy) is 1. The van der Waals surface area contributed by atoms with Crippen LogP contribution in [0.3, 0.4) is 0 Å². The topological polar surface area (TPSA) is 70.1 Å². The van der Waals surface area contributed by atoms with Gasteiger partial charge in [0.05, 0.1) is 11.6 Å². The molecule has 0 bridgehead atoms. The number of carbonyl (C=O) groups is 2. The largest absolute Gasteiger partial charge is 0.507 e. The summed E-state index contributed by atoms with van der Waals surface area (Å²) in [7, 11) is 3.83. The van der Waals surface area contributed by atoms with E-state index < -0.39 is 17.7 Å². The molecule has 0 unspecified atom stereocenters. The van der Waals surface area contributed by atoms with Crippen molar-refractivity contribution < 1.29 is 19.4 Å². The minimum absolute atomic E-state index is 0.109. The van der Waals surface area contributed by atoms with E-state index in [1.165, 1.54) is 0 Å². The van der Waals surface area contributed by atoms with Crippen molar-refractivity contribution in [1.82, 2.24) is 9.80 Å². The third-order valence-electron chi connectivity index (χ3n) is 5.53. The van der Waals surface area contributed by atoms with Crippen LogP contribution in [-0.4, -0.2) is 60.4 Å². The Hall–Kier alpha value is -3.38. The zero-order chi connectivity index (χ0) is 23.3. The molecule has 6 nitrogen and oxygen atoms in total. The van der Waals surface area contributed by atoms with Crippen LogP contribution in [-0.2, 0) is 16.0 Å². The summed E-state index contributed by atoms with van der Waals surface area (Å²) in [6, 6.07) is 14.0. The van der Waals surface area contributed by atoms with Crippen molar-refractivity contribution in [2.45, 2.75) is 19.4 Å². The summed E-state index contributed by atoms with van der Waals surface area (Å²) in [5, 5.41) is 11.1. The van der Waals surface area contributed by atoms with Gasteiger partial charge in [-0.3, -0.25) is 9.59 Å². The van der Waals surface area contributed by atoms with Crippen molar-refractivity contribution in [2.24, 2.45) is 0 Å². The minimum atomic E-state index is -0.669. The molecular weight excluding hydrogens is 404 g/mol. The van der Waals surface area contributed by atoms with E-state index >= 15 is 0 Å². The van der Waals surface area contributed by atoms with Crippen LogP contribution in [0.4, 0.5) is 0 Å². The van der Waals surface area contributed by atoms with E-state index in [2.05, 4.69) is 13.5 Å². The molecule has 168 valence electrons. The van der Waals surface area contributed by atoms with Gasteiger partial charge in [-0.25, -0.2) is 0 Å². The molecule has 0 aliphatic carbocycles. The molecule has 1 saturated heterocycles. The molecular formula is C26H30N2O4. The standard InChI is InChI=1S/C26H30N2O4/c1-5-17-32-21-13-11-20(12-14-21)24(29)22-23(19-9-7-18(6-2)8-10-19)28(16-15-27(3)4)26(31)25(22)30/h5,7-14,23,29H,1,6,15-17H2,2-4H3/t23-/m1/s1. The average Bonchev–Trinajstić information content (AvgIpc) is 3.06. The highest BCUT2D eigenvalue weighted by atomic mass is 16.5. The van der Waals surface area contributed by atoms with Gasteiger partial charge in [0.15, 0.2) is 0 Å². The number of hydrogen-bond donors (Lipinski definition) is 1. The van der Waals surface area contributed by atoms with Gasteiger partial charge in [-0.05, 0) is 55.9 Å². The van der Waals surface area contributed by atoms with Gasteiger partial charge in [0, 0.05) is 18.7 Å². The van der Waals surface area contributed by atoms with Gasteiger partial charge in [0.2, 0.25) is 0 Å². The maximum absolute atomic E-state index is 13.0. The molecule has 1 aliphatic heterocycles. The number of rotatable bonds is 9. The SMILES string of the molecule is C=CCOc1ccc(C(O)=C2C(=O)C(=O)N(CCN(C)C)[C@@H]2c2ccc(CC)cc2)cc1. The Balaban J connectivity index is 2.05. The Kier molecular flexibility index (Phi) is 7.49. The number of carbonyl (C=O) groups excluding carboxylic acids is 2. The Morgan fingerprint density at radius 3 is 2.34 bits per heavy atom. The second-order valence-electron chi connectivity index (χ2n) is 8.01. The van der Waals surface area contributed by atoms with Crippen LogP contribution in [0, 0.1) is 0 Å². The summed E-state index contributed by atoms with van der Waals surface area (Å²) in [4.78, 5) is 29.5. The van der Waals surface area contributed by atoms with Crippen molar-refractivity contribution in [2.75, 3.05) is 33.8 Å². The van der Waals surface area contributed by atoms with E-state index in [-0.39, 0.29) is 11.3 Å². The van der Waals surface area contributed by atoms with E-state index in [1.54, 1.807) is 35.2 Å². The van der Waals surface area contributed by atoms with Crippen molar-refractivity contribution in [3.63, 3.8) is 0 Å². The first-order valence-corrected chi connectivity index (χ1v) is 10.7. The van der Waals surface area contributed by atoms with E-state index in [4.69, 9.17) is 4.74 Å². The Bertz CT molecular complexity index is 1010. The van der Waals surface area contributed by atoms with Crippen molar-refractivity contribution in [3.8, 4) is 5.75 Å². The molecule has 1 amide bonds. The normalized spacial score (nSPS) is 17.8. The van der Waals surface area contributed by atoms with Gasteiger partial charge in [-0.15, -0.1) is 0 Å². The smallest absolute Gasteiger partial charge is 0.295 e. The number of aryl methyl sites for hydroxylation is 1. The Labute approximate surface area is 189 Å². The summed E-state index contributed by atoms with van der Waals surface area (Å²) in [6.07, 6.45) is 2.54. The Morgan fingerprint density at radius 2 is 1.78 bits per heavy atom. The average molecular weight is 435 g/mol. The zero-order valence-electron chi connectivity index (χ0n) is 18.9. The molecule has 6 heteroatoms. The van der Waals surface area contributed by atoms with E-state index in [9.17, 15) is 14.7 Å². The van der Waals surface area contributed by atoms with Crippen molar-refractivity contribution in [3.05, 3.63) is 83.4 Å². The first kappa shape index (κ1) is 23.3. The van der Waals surface area contributed by atoms with Gasteiger partial charge in [-0.2, -0.15) is 0 Å². The minimum Gasteiger partial charge on any atom is -0.507 e. The summed E-state index contributed by atoms with van der Waals surface area (Å²) >= 11 is 0. The molecule has 0 radical (unpaired) electrons. The zero-order valence-corrected chi connectivity index (χ0v) is 18.9. The lowest BCUT2D eigenvalue weighted by Gasteiger charge is -2.26. The molecule has 1 heterocycles. The lowest BCUT2D eigenvalue weighted by atomic mass is 9.94. The van der Waals surface area contributed by atoms with Gasteiger partial charge in [-0.1, -0.05) is 43.8 Å². The predicted molar refractivity (Wildman–Crippen MR) is 126 cm³/mol. The van der Waals surface area contributed by atoms with Gasteiger partial charge >= 0.3 is 0 Å². The quantitative estimate of drug-likeness (QED) is 0.281. The van der Waals surface area contributed by atoms with E-state index in [1.807, 2.05) is 43.3 Å². The van der Waals surface area contributed by atoms with Gasteiger partial charge in [0.25, 0.3) is 11.7 Å². The van der Waals surface area contributed by atoms with E-state index in [0.29, 0.717) is 31.0 Å². The van der Waals surface area contributed by atoms with Crippen molar-refractivity contribution >= 4 is 17.4 Å². The number of ketones is 1.